The van der Waals surface area contributed by atoms with Crippen LogP contribution in [-0.4, -0.2) is 12.6 Å². The molecule has 0 saturated heterocycles. The van der Waals surface area contributed by atoms with Crippen molar-refractivity contribution in [2.45, 2.75) is 45.1 Å². The summed E-state index contributed by atoms with van der Waals surface area (Å²) in [7, 11) is 0. The molecule has 0 saturated carbocycles. The third kappa shape index (κ3) is 4.46. The van der Waals surface area contributed by atoms with Crippen LogP contribution in [0.3, 0.4) is 0 Å². The zero-order valence-corrected chi connectivity index (χ0v) is 13.5. The lowest BCUT2D eigenvalue weighted by Crippen LogP contribution is -2.34. The van der Waals surface area contributed by atoms with Gasteiger partial charge < -0.3 is 5.32 Å². The minimum Gasteiger partial charge on any atom is -0.314 e. The van der Waals surface area contributed by atoms with Gasteiger partial charge >= 0.3 is 0 Å². The van der Waals surface area contributed by atoms with Crippen LogP contribution >= 0.6 is 11.3 Å². The third-order valence-electron chi connectivity index (χ3n) is 3.86. The number of hydrogen-bond donors (Lipinski definition) is 1. The van der Waals surface area contributed by atoms with Crippen LogP contribution < -0.4 is 5.32 Å². The van der Waals surface area contributed by atoms with Gasteiger partial charge in [-0.05, 0) is 59.7 Å². The molecule has 0 aliphatic heterocycles. The third-order valence-corrected chi connectivity index (χ3v) is 4.59. The highest BCUT2D eigenvalue weighted by molar-refractivity contribution is 7.07. The van der Waals surface area contributed by atoms with E-state index in [9.17, 15) is 0 Å². The molecule has 0 aliphatic rings. The fourth-order valence-corrected chi connectivity index (χ4v) is 3.45. The summed E-state index contributed by atoms with van der Waals surface area (Å²) in [4.78, 5) is 0. The van der Waals surface area contributed by atoms with E-state index in [1.807, 2.05) is 0 Å². The van der Waals surface area contributed by atoms with Gasteiger partial charge in [0.05, 0.1) is 0 Å². The van der Waals surface area contributed by atoms with E-state index >= 15 is 0 Å². The molecule has 0 aliphatic carbocycles. The molecule has 1 heterocycles. The first kappa shape index (κ1) is 15.3. The number of nitrogens with one attached hydrogen (secondary N) is 1. The van der Waals surface area contributed by atoms with Gasteiger partial charge in [0.15, 0.2) is 0 Å². The molecule has 20 heavy (non-hydrogen) atoms. The van der Waals surface area contributed by atoms with Gasteiger partial charge in [0.1, 0.15) is 0 Å². The molecule has 1 aromatic heterocycles. The molecule has 1 unspecified atom stereocenters. The van der Waals surface area contributed by atoms with Crippen molar-refractivity contribution in [1.82, 2.24) is 5.32 Å². The normalized spacial score (nSPS) is 13.3. The quantitative estimate of drug-likeness (QED) is 0.782. The van der Waals surface area contributed by atoms with Crippen LogP contribution in [0.5, 0.6) is 0 Å². The minimum atomic E-state index is 0.218. The number of rotatable bonds is 7. The van der Waals surface area contributed by atoms with Crippen molar-refractivity contribution >= 4 is 11.3 Å². The molecule has 0 radical (unpaired) electrons. The van der Waals surface area contributed by atoms with Crippen LogP contribution in [0.25, 0.3) is 0 Å². The van der Waals surface area contributed by atoms with E-state index in [2.05, 4.69) is 73.2 Å². The molecule has 108 valence electrons. The molecule has 1 atom stereocenters. The Kier molecular flexibility index (Phi) is 5.38. The van der Waals surface area contributed by atoms with Crippen LogP contribution in [0.4, 0.5) is 0 Å². The van der Waals surface area contributed by atoms with Gasteiger partial charge in [-0.15, -0.1) is 0 Å². The van der Waals surface area contributed by atoms with Crippen molar-refractivity contribution in [3.63, 3.8) is 0 Å². The second kappa shape index (κ2) is 7.05. The van der Waals surface area contributed by atoms with Gasteiger partial charge in [-0.1, -0.05) is 44.2 Å². The maximum atomic E-state index is 3.65. The van der Waals surface area contributed by atoms with Crippen molar-refractivity contribution in [2.75, 3.05) is 6.54 Å². The molecular formula is C18H25NS. The molecule has 0 fully saturated rings. The Hall–Kier alpha value is -1.12. The standard InChI is InChI=1S/C18H25NS/c1-15(19-11-9-16-10-12-20-14-16)13-18(2,3)17-7-5-4-6-8-17/h4-8,10,12,14-15,19H,9,11,13H2,1-3H3. The molecule has 2 rings (SSSR count). The highest BCUT2D eigenvalue weighted by Gasteiger charge is 2.22. The summed E-state index contributed by atoms with van der Waals surface area (Å²) in [6.45, 7) is 8.01. The monoisotopic (exact) mass is 287 g/mol. The highest BCUT2D eigenvalue weighted by Crippen LogP contribution is 2.28. The second-order valence-electron chi connectivity index (χ2n) is 6.19. The number of benzene rings is 1. The Morgan fingerprint density at radius 3 is 2.55 bits per heavy atom. The minimum absolute atomic E-state index is 0.218. The molecule has 1 nitrogen and oxygen atoms in total. The van der Waals surface area contributed by atoms with Crippen LogP contribution in [0.15, 0.2) is 47.2 Å². The molecule has 0 bridgehead atoms. The molecular weight excluding hydrogens is 262 g/mol. The maximum Gasteiger partial charge on any atom is 0.00471 e. The molecule has 2 aromatic rings. The first-order chi connectivity index (χ1) is 9.58. The first-order valence-corrected chi connectivity index (χ1v) is 8.32. The van der Waals surface area contributed by atoms with Crippen LogP contribution in [0.2, 0.25) is 0 Å². The van der Waals surface area contributed by atoms with Gasteiger partial charge in [-0.25, -0.2) is 0 Å². The molecule has 0 amide bonds. The van der Waals surface area contributed by atoms with Gasteiger partial charge in [0.25, 0.3) is 0 Å². The number of hydrogen-bond acceptors (Lipinski definition) is 2. The lowest BCUT2D eigenvalue weighted by molar-refractivity contribution is 0.391. The molecule has 2 heteroatoms. The Balaban J connectivity index is 1.80. The zero-order chi connectivity index (χ0) is 14.4. The van der Waals surface area contributed by atoms with Crippen molar-refractivity contribution < 1.29 is 0 Å². The second-order valence-corrected chi connectivity index (χ2v) is 6.97. The van der Waals surface area contributed by atoms with E-state index in [-0.39, 0.29) is 5.41 Å². The maximum absolute atomic E-state index is 3.65. The predicted molar refractivity (Wildman–Crippen MR) is 89.6 cm³/mol. The van der Waals surface area contributed by atoms with Crippen molar-refractivity contribution in [3.8, 4) is 0 Å². The first-order valence-electron chi connectivity index (χ1n) is 7.38. The van der Waals surface area contributed by atoms with E-state index in [1.54, 1.807) is 11.3 Å². The van der Waals surface area contributed by atoms with E-state index in [1.165, 1.54) is 11.1 Å². The summed E-state index contributed by atoms with van der Waals surface area (Å²) >= 11 is 1.78. The smallest absolute Gasteiger partial charge is 0.00471 e. The lowest BCUT2D eigenvalue weighted by Gasteiger charge is -2.29. The summed E-state index contributed by atoms with van der Waals surface area (Å²) in [5.74, 6) is 0. The van der Waals surface area contributed by atoms with Gasteiger partial charge in [-0.3, -0.25) is 0 Å². The summed E-state index contributed by atoms with van der Waals surface area (Å²) in [6, 6.07) is 13.6. The Morgan fingerprint density at radius 1 is 1.15 bits per heavy atom. The van der Waals surface area contributed by atoms with Crippen molar-refractivity contribution in [3.05, 3.63) is 58.3 Å². The SMILES string of the molecule is CC(CC(C)(C)c1ccccc1)NCCc1ccsc1. The van der Waals surface area contributed by atoms with Crippen LogP contribution in [0.1, 0.15) is 38.3 Å². The Morgan fingerprint density at radius 2 is 1.90 bits per heavy atom. The van der Waals surface area contributed by atoms with Gasteiger partial charge in [0.2, 0.25) is 0 Å². The summed E-state index contributed by atoms with van der Waals surface area (Å²) in [5, 5.41) is 8.04. The zero-order valence-electron chi connectivity index (χ0n) is 12.7. The topological polar surface area (TPSA) is 12.0 Å². The van der Waals surface area contributed by atoms with E-state index in [0.29, 0.717) is 6.04 Å². The fraction of sp³-hybridized carbons (Fsp3) is 0.444. The largest absolute Gasteiger partial charge is 0.314 e. The molecule has 0 spiro atoms. The predicted octanol–water partition coefficient (Wildman–Crippen LogP) is 4.64. The van der Waals surface area contributed by atoms with Gasteiger partial charge in [0, 0.05) is 6.04 Å². The van der Waals surface area contributed by atoms with Crippen molar-refractivity contribution in [1.29, 1.82) is 0 Å². The van der Waals surface area contributed by atoms with Crippen LogP contribution in [-0.2, 0) is 11.8 Å². The van der Waals surface area contributed by atoms with Crippen molar-refractivity contribution in [2.24, 2.45) is 0 Å². The summed E-state index contributed by atoms with van der Waals surface area (Å²) in [5.41, 5.74) is 3.08. The highest BCUT2D eigenvalue weighted by atomic mass is 32.1. The van der Waals surface area contributed by atoms with Crippen LogP contribution in [0, 0.1) is 0 Å². The fourth-order valence-electron chi connectivity index (χ4n) is 2.74. The van der Waals surface area contributed by atoms with Gasteiger partial charge in [-0.2, -0.15) is 11.3 Å². The summed E-state index contributed by atoms with van der Waals surface area (Å²) < 4.78 is 0. The Bertz CT molecular complexity index is 487. The average Bonchev–Trinajstić information content (AvgIpc) is 2.92. The van der Waals surface area contributed by atoms with E-state index in [0.717, 1.165) is 19.4 Å². The number of thiophene rings is 1. The van der Waals surface area contributed by atoms with E-state index in [4.69, 9.17) is 0 Å². The molecule has 1 N–H and O–H groups in total. The average molecular weight is 287 g/mol. The summed E-state index contributed by atoms with van der Waals surface area (Å²) in [6.07, 6.45) is 2.28. The lowest BCUT2D eigenvalue weighted by atomic mass is 9.79. The molecule has 1 aromatic carbocycles. The Labute approximate surface area is 127 Å². The van der Waals surface area contributed by atoms with E-state index < -0.39 is 0 Å².